The molecule has 0 radical (unpaired) electrons. The number of likely N-dealkylation sites (tertiary alicyclic amines) is 1. The van der Waals surface area contributed by atoms with E-state index in [9.17, 15) is 9.59 Å². The van der Waals surface area contributed by atoms with Gasteiger partial charge in [-0.05, 0) is 31.1 Å². The highest BCUT2D eigenvalue weighted by Gasteiger charge is 2.27. The summed E-state index contributed by atoms with van der Waals surface area (Å²) in [5, 5.41) is 2.61. The van der Waals surface area contributed by atoms with E-state index in [1.165, 1.54) is 0 Å². The van der Waals surface area contributed by atoms with Gasteiger partial charge in [0.1, 0.15) is 0 Å². The molecule has 5 N–H and O–H groups in total. The Morgan fingerprint density at radius 1 is 1.42 bits per heavy atom. The highest BCUT2D eigenvalue weighted by atomic mass is 16.2. The molecule has 2 unspecified atom stereocenters. The summed E-state index contributed by atoms with van der Waals surface area (Å²) < 4.78 is 0. The maximum absolute atomic E-state index is 12.2. The van der Waals surface area contributed by atoms with Crippen LogP contribution in [-0.4, -0.2) is 42.5 Å². The molecule has 0 spiro atoms. The summed E-state index contributed by atoms with van der Waals surface area (Å²) in [6.45, 7) is 6.06. The molecule has 6 heteroatoms. The van der Waals surface area contributed by atoms with E-state index >= 15 is 0 Å². The van der Waals surface area contributed by atoms with Gasteiger partial charge in [-0.3, -0.25) is 4.79 Å². The van der Waals surface area contributed by atoms with Gasteiger partial charge >= 0.3 is 6.03 Å². The third-order valence-corrected chi connectivity index (χ3v) is 3.44. The summed E-state index contributed by atoms with van der Waals surface area (Å²) in [7, 11) is 0. The van der Waals surface area contributed by atoms with E-state index in [1.54, 1.807) is 0 Å². The van der Waals surface area contributed by atoms with Crippen molar-refractivity contribution in [2.75, 3.05) is 19.6 Å². The minimum absolute atomic E-state index is 0.0254. The number of amides is 3. The first-order chi connectivity index (χ1) is 8.90. The fourth-order valence-electron chi connectivity index (χ4n) is 2.52. The molecule has 2 atom stereocenters. The van der Waals surface area contributed by atoms with Crippen LogP contribution in [0.3, 0.4) is 0 Å². The van der Waals surface area contributed by atoms with Crippen LogP contribution in [0.5, 0.6) is 0 Å². The number of carbonyl (C=O) groups excluding carboxylic acids is 2. The number of carbonyl (C=O) groups is 2. The molecule has 0 aromatic heterocycles. The van der Waals surface area contributed by atoms with Gasteiger partial charge in [-0.2, -0.15) is 0 Å². The van der Waals surface area contributed by atoms with E-state index in [-0.39, 0.29) is 11.8 Å². The number of nitrogens with zero attached hydrogens (tertiary/aromatic N) is 1. The second-order valence-electron chi connectivity index (χ2n) is 5.77. The number of hydrogen-bond donors (Lipinski definition) is 3. The number of nitrogens with one attached hydrogen (secondary N) is 1. The van der Waals surface area contributed by atoms with E-state index in [2.05, 4.69) is 19.2 Å². The summed E-state index contributed by atoms with van der Waals surface area (Å²) in [6.07, 6.45) is 2.66. The van der Waals surface area contributed by atoms with Crippen LogP contribution in [0.1, 0.15) is 33.1 Å². The van der Waals surface area contributed by atoms with Crippen LogP contribution in [0.2, 0.25) is 0 Å². The SMILES string of the molecule is CC(C)CC(N)C(=O)N1CCCC(CNC(N)=O)C1. The third-order valence-electron chi connectivity index (χ3n) is 3.44. The van der Waals surface area contributed by atoms with Crippen LogP contribution in [0.4, 0.5) is 4.79 Å². The maximum atomic E-state index is 12.2. The second kappa shape index (κ2) is 7.33. The fraction of sp³-hybridized carbons (Fsp3) is 0.846. The molecular formula is C13H26N4O2. The zero-order chi connectivity index (χ0) is 14.4. The van der Waals surface area contributed by atoms with Crippen LogP contribution in [0.15, 0.2) is 0 Å². The first kappa shape index (κ1) is 15.8. The van der Waals surface area contributed by atoms with Crippen molar-refractivity contribution in [2.45, 2.75) is 39.2 Å². The predicted molar refractivity (Wildman–Crippen MR) is 74.3 cm³/mol. The standard InChI is InChI=1S/C13H26N4O2/c1-9(2)6-11(14)12(18)17-5-3-4-10(8-17)7-16-13(15)19/h9-11H,3-8,14H2,1-2H3,(H3,15,16,19). The Bertz CT molecular complexity index is 320. The lowest BCUT2D eigenvalue weighted by molar-refractivity contribution is -0.134. The lowest BCUT2D eigenvalue weighted by Crippen LogP contribution is -2.50. The molecule has 1 heterocycles. The van der Waals surface area contributed by atoms with Crippen molar-refractivity contribution < 1.29 is 9.59 Å². The molecule has 19 heavy (non-hydrogen) atoms. The Morgan fingerprint density at radius 2 is 2.11 bits per heavy atom. The zero-order valence-corrected chi connectivity index (χ0v) is 11.9. The Labute approximate surface area is 114 Å². The molecule has 1 aliphatic heterocycles. The van der Waals surface area contributed by atoms with Gasteiger partial charge in [0.2, 0.25) is 5.91 Å². The Morgan fingerprint density at radius 3 is 2.68 bits per heavy atom. The molecule has 110 valence electrons. The smallest absolute Gasteiger partial charge is 0.312 e. The Hall–Kier alpha value is -1.30. The molecule has 0 aromatic rings. The summed E-state index contributed by atoms with van der Waals surface area (Å²) in [5.74, 6) is 0.713. The second-order valence-corrected chi connectivity index (χ2v) is 5.77. The van der Waals surface area contributed by atoms with Gasteiger partial charge in [-0.25, -0.2) is 4.79 Å². The summed E-state index contributed by atoms with van der Waals surface area (Å²) in [6, 6.07) is -0.928. The van der Waals surface area contributed by atoms with Crippen molar-refractivity contribution in [3.63, 3.8) is 0 Å². The van der Waals surface area contributed by atoms with Crippen LogP contribution in [0, 0.1) is 11.8 Å². The Kier molecular flexibility index (Phi) is 6.08. The number of urea groups is 1. The molecule has 1 saturated heterocycles. The van der Waals surface area contributed by atoms with E-state index < -0.39 is 12.1 Å². The lowest BCUT2D eigenvalue weighted by atomic mass is 9.96. The molecule has 0 bridgehead atoms. The van der Waals surface area contributed by atoms with Crippen LogP contribution >= 0.6 is 0 Å². The number of primary amides is 1. The van der Waals surface area contributed by atoms with Crippen molar-refractivity contribution in [1.82, 2.24) is 10.2 Å². The van der Waals surface area contributed by atoms with Gasteiger partial charge in [0.05, 0.1) is 6.04 Å². The third kappa shape index (κ3) is 5.46. The maximum Gasteiger partial charge on any atom is 0.312 e. The van der Waals surface area contributed by atoms with Crippen molar-refractivity contribution in [3.8, 4) is 0 Å². The number of rotatable bonds is 5. The number of piperidine rings is 1. The van der Waals surface area contributed by atoms with E-state index in [4.69, 9.17) is 11.5 Å². The van der Waals surface area contributed by atoms with Crippen molar-refractivity contribution in [1.29, 1.82) is 0 Å². The van der Waals surface area contributed by atoms with Gasteiger partial charge in [-0.1, -0.05) is 13.8 Å². The van der Waals surface area contributed by atoms with Crippen molar-refractivity contribution >= 4 is 11.9 Å². The minimum atomic E-state index is -0.514. The predicted octanol–water partition coefficient (Wildman–Crippen LogP) is 0.267. The monoisotopic (exact) mass is 270 g/mol. The van der Waals surface area contributed by atoms with Gasteiger partial charge in [0, 0.05) is 19.6 Å². The zero-order valence-electron chi connectivity index (χ0n) is 11.9. The average molecular weight is 270 g/mol. The number of nitrogens with two attached hydrogens (primary N) is 2. The molecule has 0 aromatic carbocycles. The largest absolute Gasteiger partial charge is 0.352 e. The summed E-state index contributed by atoms with van der Waals surface area (Å²) in [5.41, 5.74) is 11.0. The molecular weight excluding hydrogens is 244 g/mol. The number of hydrogen-bond acceptors (Lipinski definition) is 3. The van der Waals surface area contributed by atoms with Gasteiger partial charge < -0.3 is 21.7 Å². The quantitative estimate of drug-likeness (QED) is 0.668. The molecule has 1 aliphatic rings. The molecule has 0 saturated carbocycles. The summed E-state index contributed by atoms with van der Waals surface area (Å²) in [4.78, 5) is 24.7. The first-order valence-corrected chi connectivity index (χ1v) is 6.97. The van der Waals surface area contributed by atoms with Crippen LogP contribution in [0.25, 0.3) is 0 Å². The highest BCUT2D eigenvalue weighted by Crippen LogP contribution is 2.17. The highest BCUT2D eigenvalue weighted by molar-refractivity contribution is 5.81. The normalized spacial score (nSPS) is 21.3. The average Bonchev–Trinajstić information content (AvgIpc) is 2.35. The first-order valence-electron chi connectivity index (χ1n) is 6.97. The summed E-state index contributed by atoms with van der Waals surface area (Å²) >= 11 is 0. The lowest BCUT2D eigenvalue weighted by Gasteiger charge is -2.34. The molecule has 1 rings (SSSR count). The van der Waals surface area contributed by atoms with Gasteiger partial charge in [-0.15, -0.1) is 0 Å². The van der Waals surface area contributed by atoms with E-state index in [0.29, 0.717) is 25.4 Å². The topological polar surface area (TPSA) is 101 Å². The molecule has 6 nitrogen and oxygen atoms in total. The van der Waals surface area contributed by atoms with Crippen LogP contribution < -0.4 is 16.8 Å². The van der Waals surface area contributed by atoms with E-state index in [0.717, 1.165) is 19.4 Å². The van der Waals surface area contributed by atoms with Crippen molar-refractivity contribution in [3.05, 3.63) is 0 Å². The molecule has 1 fully saturated rings. The minimum Gasteiger partial charge on any atom is -0.352 e. The van der Waals surface area contributed by atoms with Crippen LogP contribution in [-0.2, 0) is 4.79 Å². The fourth-order valence-corrected chi connectivity index (χ4v) is 2.52. The van der Waals surface area contributed by atoms with Crippen molar-refractivity contribution in [2.24, 2.45) is 23.3 Å². The van der Waals surface area contributed by atoms with E-state index in [1.807, 2.05) is 4.90 Å². The van der Waals surface area contributed by atoms with Gasteiger partial charge in [0.15, 0.2) is 0 Å². The Balaban J connectivity index is 2.44. The molecule has 3 amide bonds. The molecule has 0 aliphatic carbocycles. The van der Waals surface area contributed by atoms with Gasteiger partial charge in [0.25, 0.3) is 0 Å².